The Hall–Kier alpha value is -2.41. The number of nitro benzene ring substituents is 1. The average Bonchev–Trinajstić information content (AvgIpc) is 2.45. The number of aromatic carboxylic acids is 1. The topological polar surface area (TPSA) is 93.3 Å². The summed E-state index contributed by atoms with van der Waals surface area (Å²) in [5, 5.41) is 20.1. The molecule has 102 valence electrons. The fraction of sp³-hybridized carbons (Fsp3) is 0.0769. The Kier molecular flexibility index (Phi) is 4.31. The number of aromatic nitrogens is 1. The van der Waals surface area contributed by atoms with Gasteiger partial charge >= 0.3 is 5.97 Å². The van der Waals surface area contributed by atoms with E-state index in [-0.39, 0.29) is 11.3 Å². The van der Waals surface area contributed by atoms with Crippen LogP contribution in [0.3, 0.4) is 0 Å². The molecule has 2 rings (SSSR count). The molecule has 1 N–H and O–H groups in total. The number of hydrogen-bond donors (Lipinski definition) is 1. The second-order valence-electron chi connectivity index (χ2n) is 3.88. The largest absolute Gasteiger partial charge is 0.478 e. The van der Waals surface area contributed by atoms with Crippen LogP contribution in [0.4, 0.5) is 5.69 Å². The molecule has 1 aromatic carbocycles. The first kappa shape index (κ1) is 14.0. The van der Waals surface area contributed by atoms with Crippen molar-refractivity contribution in [1.82, 2.24) is 4.98 Å². The molecule has 0 atom stereocenters. The first-order valence-electron chi connectivity index (χ1n) is 5.62. The van der Waals surface area contributed by atoms with Crippen LogP contribution in [0.2, 0.25) is 0 Å². The summed E-state index contributed by atoms with van der Waals surface area (Å²) in [5.74, 6) is -0.626. The van der Waals surface area contributed by atoms with E-state index in [1.165, 1.54) is 36.2 Å². The summed E-state index contributed by atoms with van der Waals surface area (Å²) in [6, 6.07) is 9.27. The molecule has 0 amide bonds. The highest BCUT2D eigenvalue weighted by Gasteiger charge is 2.12. The van der Waals surface area contributed by atoms with Crippen molar-refractivity contribution < 1.29 is 14.8 Å². The molecule has 0 bridgehead atoms. The minimum Gasteiger partial charge on any atom is -0.478 e. The Labute approximate surface area is 118 Å². The van der Waals surface area contributed by atoms with E-state index in [2.05, 4.69) is 4.98 Å². The van der Waals surface area contributed by atoms with Gasteiger partial charge in [0.1, 0.15) is 5.03 Å². The van der Waals surface area contributed by atoms with Crippen molar-refractivity contribution in [2.24, 2.45) is 0 Å². The molecular formula is C13H10N2O4S. The van der Waals surface area contributed by atoms with Gasteiger partial charge in [0.2, 0.25) is 0 Å². The zero-order chi connectivity index (χ0) is 14.5. The standard InChI is InChI=1S/C13H10N2O4S/c16-13(17)11-5-2-6-14-12(11)20-8-9-3-1-4-10(7-9)15(18)19/h1-7H,8H2,(H,16,17). The molecule has 0 fully saturated rings. The van der Waals surface area contributed by atoms with Crippen LogP contribution in [0.1, 0.15) is 15.9 Å². The second kappa shape index (κ2) is 6.16. The van der Waals surface area contributed by atoms with E-state index in [4.69, 9.17) is 5.11 Å². The maximum atomic E-state index is 11.0. The number of carboxylic acids is 1. The Morgan fingerprint density at radius 1 is 1.35 bits per heavy atom. The van der Waals surface area contributed by atoms with Gasteiger partial charge in [-0.1, -0.05) is 12.1 Å². The lowest BCUT2D eigenvalue weighted by atomic mass is 10.2. The lowest BCUT2D eigenvalue weighted by Gasteiger charge is -2.04. The van der Waals surface area contributed by atoms with Crippen LogP contribution in [-0.2, 0) is 5.75 Å². The van der Waals surface area contributed by atoms with Crippen molar-refractivity contribution in [3.8, 4) is 0 Å². The van der Waals surface area contributed by atoms with E-state index in [0.29, 0.717) is 10.8 Å². The van der Waals surface area contributed by atoms with Gasteiger partial charge in [-0.2, -0.15) is 0 Å². The van der Waals surface area contributed by atoms with E-state index >= 15 is 0 Å². The van der Waals surface area contributed by atoms with Crippen LogP contribution in [0.15, 0.2) is 47.6 Å². The zero-order valence-electron chi connectivity index (χ0n) is 10.2. The number of non-ortho nitro benzene ring substituents is 1. The normalized spacial score (nSPS) is 10.2. The molecule has 0 saturated carbocycles. The van der Waals surface area contributed by atoms with Crippen molar-refractivity contribution in [2.75, 3.05) is 0 Å². The lowest BCUT2D eigenvalue weighted by molar-refractivity contribution is -0.384. The van der Waals surface area contributed by atoms with E-state index in [1.807, 2.05) is 0 Å². The fourth-order valence-corrected chi connectivity index (χ4v) is 2.51. The smallest absolute Gasteiger partial charge is 0.338 e. The molecule has 0 aliphatic rings. The highest BCUT2D eigenvalue weighted by Crippen LogP contribution is 2.25. The Bertz CT molecular complexity index is 660. The maximum absolute atomic E-state index is 11.0. The molecule has 7 heteroatoms. The van der Waals surface area contributed by atoms with Gasteiger partial charge < -0.3 is 5.11 Å². The van der Waals surface area contributed by atoms with E-state index in [0.717, 1.165) is 5.56 Å². The molecule has 1 aromatic heterocycles. The minimum atomic E-state index is -1.04. The van der Waals surface area contributed by atoms with Gasteiger partial charge in [-0.05, 0) is 17.7 Å². The Morgan fingerprint density at radius 2 is 2.15 bits per heavy atom. The summed E-state index contributed by atoms with van der Waals surface area (Å²) < 4.78 is 0. The third-order valence-electron chi connectivity index (χ3n) is 2.50. The third kappa shape index (κ3) is 3.33. The van der Waals surface area contributed by atoms with Crippen LogP contribution in [0, 0.1) is 10.1 Å². The van der Waals surface area contributed by atoms with Gasteiger partial charge in [0.15, 0.2) is 0 Å². The highest BCUT2D eigenvalue weighted by atomic mass is 32.2. The van der Waals surface area contributed by atoms with Gasteiger partial charge in [-0.3, -0.25) is 10.1 Å². The average molecular weight is 290 g/mol. The number of thioether (sulfide) groups is 1. The molecule has 6 nitrogen and oxygen atoms in total. The van der Waals surface area contributed by atoms with E-state index < -0.39 is 10.9 Å². The number of rotatable bonds is 5. The van der Waals surface area contributed by atoms with Gasteiger partial charge in [0.05, 0.1) is 10.5 Å². The maximum Gasteiger partial charge on any atom is 0.338 e. The summed E-state index contributed by atoms with van der Waals surface area (Å²) in [5.41, 5.74) is 0.886. The summed E-state index contributed by atoms with van der Waals surface area (Å²) in [7, 11) is 0. The lowest BCUT2D eigenvalue weighted by Crippen LogP contribution is -2.00. The summed E-state index contributed by atoms with van der Waals surface area (Å²) in [6.07, 6.45) is 1.52. The van der Waals surface area contributed by atoms with Crippen LogP contribution in [0.25, 0.3) is 0 Å². The predicted molar refractivity (Wildman–Crippen MR) is 73.9 cm³/mol. The summed E-state index contributed by atoms with van der Waals surface area (Å²) in [6.45, 7) is 0. The molecule has 0 unspecified atom stereocenters. The molecule has 0 aliphatic heterocycles. The Morgan fingerprint density at radius 3 is 2.85 bits per heavy atom. The number of nitro groups is 1. The number of benzene rings is 1. The zero-order valence-corrected chi connectivity index (χ0v) is 11.0. The van der Waals surface area contributed by atoms with Crippen molar-refractivity contribution in [3.05, 3.63) is 63.8 Å². The fourth-order valence-electron chi connectivity index (χ4n) is 1.58. The quantitative estimate of drug-likeness (QED) is 0.517. The second-order valence-corrected chi connectivity index (χ2v) is 4.84. The van der Waals surface area contributed by atoms with Gasteiger partial charge in [0.25, 0.3) is 5.69 Å². The number of nitrogens with zero attached hydrogens (tertiary/aromatic N) is 2. The molecule has 2 aromatic rings. The predicted octanol–water partition coefficient (Wildman–Crippen LogP) is 2.98. The SMILES string of the molecule is O=C(O)c1cccnc1SCc1cccc([N+](=O)[O-])c1. The third-order valence-corrected chi connectivity index (χ3v) is 3.57. The summed E-state index contributed by atoms with van der Waals surface area (Å²) >= 11 is 1.23. The van der Waals surface area contributed by atoms with Crippen molar-refractivity contribution >= 4 is 23.4 Å². The molecule has 0 saturated heterocycles. The van der Waals surface area contributed by atoms with Gasteiger partial charge in [-0.25, -0.2) is 9.78 Å². The molecule has 1 heterocycles. The van der Waals surface area contributed by atoms with Crippen LogP contribution in [-0.4, -0.2) is 21.0 Å². The van der Waals surface area contributed by atoms with Crippen molar-refractivity contribution in [2.45, 2.75) is 10.8 Å². The minimum absolute atomic E-state index is 0.0163. The van der Waals surface area contributed by atoms with Crippen LogP contribution >= 0.6 is 11.8 Å². The van der Waals surface area contributed by atoms with Crippen LogP contribution < -0.4 is 0 Å². The molecule has 0 aliphatic carbocycles. The molecular weight excluding hydrogens is 280 g/mol. The molecule has 20 heavy (non-hydrogen) atoms. The van der Waals surface area contributed by atoms with Gasteiger partial charge in [0, 0.05) is 24.1 Å². The summed E-state index contributed by atoms with van der Waals surface area (Å²) in [4.78, 5) is 25.3. The van der Waals surface area contributed by atoms with E-state index in [9.17, 15) is 14.9 Å². The molecule has 0 spiro atoms. The number of hydrogen-bond acceptors (Lipinski definition) is 5. The number of pyridine rings is 1. The monoisotopic (exact) mass is 290 g/mol. The highest BCUT2D eigenvalue weighted by molar-refractivity contribution is 7.98. The number of carboxylic acid groups (broad SMARTS) is 1. The number of carbonyl (C=O) groups is 1. The van der Waals surface area contributed by atoms with E-state index in [1.54, 1.807) is 18.2 Å². The van der Waals surface area contributed by atoms with Crippen molar-refractivity contribution in [1.29, 1.82) is 0 Å². The molecule has 0 radical (unpaired) electrons. The van der Waals surface area contributed by atoms with Gasteiger partial charge in [-0.15, -0.1) is 11.8 Å². The Balaban J connectivity index is 2.15. The first-order valence-corrected chi connectivity index (χ1v) is 6.61. The first-order chi connectivity index (χ1) is 9.58. The van der Waals surface area contributed by atoms with Crippen molar-refractivity contribution in [3.63, 3.8) is 0 Å². The van der Waals surface area contributed by atoms with Crippen LogP contribution in [0.5, 0.6) is 0 Å².